The molecule has 1 aromatic heterocycles. The van der Waals surface area contributed by atoms with Gasteiger partial charge in [0.2, 0.25) is 5.89 Å². The maximum atomic E-state index is 10.9. The average molecular weight is 209 g/mol. The molecule has 15 heavy (non-hydrogen) atoms. The first-order chi connectivity index (χ1) is 7.25. The molecule has 0 radical (unpaired) electrons. The molecule has 0 amide bonds. The smallest absolute Gasteiger partial charge is 0.266 e. The molecule has 1 saturated heterocycles. The first kappa shape index (κ1) is 10.1. The lowest BCUT2D eigenvalue weighted by molar-refractivity contribution is -0.116. The van der Waals surface area contributed by atoms with Gasteiger partial charge in [0.15, 0.2) is 0 Å². The molecule has 0 atom stereocenters. The molecule has 1 aliphatic rings. The second-order valence-corrected chi connectivity index (χ2v) is 3.91. The van der Waals surface area contributed by atoms with E-state index in [1.807, 2.05) is 0 Å². The number of ketones is 1. The van der Waals surface area contributed by atoms with Gasteiger partial charge in [0.1, 0.15) is 5.78 Å². The minimum absolute atomic E-state index is 0.0452. The minimum Gasteiger partial charge on any atom is -0.338 e. The Labute approximate surface area is 88.5 Å². The number of rotatable bonds is 3. The fourth-order valence-corrected chi connectivity index (χ4v) is 1.75. The van der Waals surface area contributed by atoms with Crippen molar-refractivity contribution in [2.75, 3.05) is 18.0 Å². The first-order valence-electron chi connectivity index (χ1n) is 5.32. The normalized spacial score (nSPS) is 16.7. The van der Waals surface area contributed by atoms with E-state index >= 15 is 0 Å². The number of Topliss-reactive ketones (excluding diaryl/α,β-unsaturated/α-hetero) is 1. The summed E-state index contributed by atoms with van der Waals surface area (Å²) in [7, 11) is 0. The third kappa shape index (κ3) is 2.55. The van der Waals surface area contributed by atoms with E-state index in [2.05, 4.69) is 15.0 Å². The summed E-state index contributed by atoms with van der Waals surface area (Å²) in [5.74, 6) is 1.10. The van der Waals surface area contributed by atoms with Crippen molar-refractivity contribution in [3.8, 4) is 0 Å². The predicted octanol–water partition coefficient (Wildman–Crippen LogP) is 1.19. The van der Waals surface area contributed by atoms with Crippen LogP contribution in [0, 0.1) is 0 Å². The molecule has 1 aliphatic heterocycles. The molecule has 0 aromatic carbocycles. The van der Waals surface area contributed by atoms with Crippen LogP contribution in [-0.2, 0) is 11.2 Å². The third-order valence-corrected chi connectivity index (χ3v) is 2.50. The molecule has 5 heteroatoms. The van der Waals surface area contributed by atoms with Gasteiger partial charge in [-0.05, 0) is 31.3 Å². The van der Waals surface area contributed by atoms with Gasteiger partial charge < -0.3 is 9.42 Å². The molecule has 5 nitrogen and oxygen atoms in total. The molecule has 0 saturated carbocycles. The molecular formula is C10H15N3O2. The lowest BCUT2D eigenvalue weighted by Crippen LogP contribution is -2.30. The SMILES string of the molecule is CC(=O)Cc1nc(N2CCCCC2)no1. The summed E-state index contributed by atoms with van der Waals surface area (Å²) in [6.45, 7) is 3.49. The largest absolute Gasteiger partial charge is 0.338 e. The number of hydrogen-bond acceptors (Lipinski definition) is 5. The topological polar surface area (TPSA) is 59.2 Å². The maximum absolute atomic E-state index is 10.9. The van der Waals surface area contributed by atoms with Crippen LogP contribution in [0.2, 0.25) is 0 Å². The van der Waals surface area contributed by atoms with Crippen molar-refractivity contribution < 1.29 is 9.32 Å². The van der Waals surface area contributed by atoms with E-state index in [-0.39, 0.29) is 12.2 Å². The van der Waals surface area contributed by atoms with Crippen LogP contribution in [0.3, 0.4) is 0 Å². The highest BCUT2D eigenvalue weighted by Gasteiger charge is 2.16. The zero-order valence-corrected chi connectivity index (χ0v) is 8.90. The molecule has 2 heterocycles. The fourth-order valence-electron chi connectivity index (χ4n) is 1.75. The second-order valence-electron chi connectivity index (χ2n) is 3.91. The zero-order chi connectivity index (χ0) is 10.7. The lowest BCUT2D eigenvalue weighted by Gasteiger charge is -2.24. The summed E-state index contributed by atoms with van der Waals surface area (Å²) in [6, 6.07) is 0. The monoisotopic (exact) mass is 209 g/mol. The van der Waals surface area contributed by atoms with Crippen molar-refractivity contribution in [3.05, 3.63) is 5.89 Å². The van der Waals surface area contributed by atoms with E-state index in [4.69, 9.17) is 4.52 Å². The Morgan fingerprint density at radius 1 is 1.40 bits per heavy atom. The first-order valence-corrected chi connectivity index (χ1v) is 5.32. The van der Waals surface area contributed by atoms with Gasteiger partial charge in [-0.3, -0.25) is 4.79 Å². The molecule has 1 fully saturated rings. The number of hydrogen-bond donors (Lipinski definition) is 0. The summed E-state index contributed by atoms with van der Waals surface area (Å²) < 4.78 is 5.01. The van der Waals surface area contributed by atoms with E-state index in [0.29, 0.717) is 11.8 Å². The Balaban J connectivity index is 2.02. The van der Waals surface area contributed by atoms with Gasteiger partial charge in [-0.1, -0.05) is 0 Å². The molecule has 0 bridgehead atoms. The highest BCUT2D eigenvalue weighted by molar-refractivity contribution is 5.77. The van der Waals surface area contributed by atoms with Crippen LogP contribution in [-0.4, -0.2) is 29.0 Å². The predicted molar refractivity (Wildman–Crippen MR) is 54.7 cm³/mol. The van der Waals surface area contributed by atoms with Crippen molar-refractivity contribution in [1.29, 1.82) is 0 Å². The third-order valence-electron chi connectivity index (χ3n) is 2.50. The lowest BCUT2D eigenvalue weighted by atomic mass is 10.1. The Morgan fingerprint density at radius 3 is 2.80 bits per heavy atom. The Morgan fingerprint density at radius 2 is 2.13 bits per heavy atom. The minimum atomic E-state index is 0.0452. The van der Waals surface area contributed by atoms with Crippen LogP contribution in [0.25, 0.3) is 0 Å². The van der Waals surface area contributed by atoms with Gasteiger partial charge >= 0.3 is 0 Å². The second kappa shape index (κ2) is 4.42. The summed E-state index contributed by atoms with van der Waals surface area (Å²) in [5, 5.41) is 3.88. The van der Waals surface area contributed by atoms with Crippen molar-refractivity contribution >= 4 is 11.7 Å². The number of nitrogens with zero attached hydrogens (tertiary/aromatic N) is 3. The van der Waals surface area contributed by atoms with Gasteiger partial charge in [-0.2, -0.15) is 4.98 Å². The van der Waals surface area contributed by atoms with Gasteiger partial charge in [0, 0.05) is 13.1 Å². The molecule has 1 aromatic rings. The quantitative estimate of drug-likeness (QED) is 0.748. The summed E-state index contributed by atoms with van der Waals surface area (Å²) in [4.78, 5) is 17.2. The molecule has 0 unspecified atom stereocenters. The molecule has 0 N–H and O–H groups in total. The van der Waals surface area contributed by atoms with E-state index in [9.17, 15) is 4.79 Å². The maximum Gasteiger partial charge on any atom is 0.266 e. The van der Waals surface area contributed by atoms with Crippen LogP contribution in [0.15, 0.2) is 4.52 Å². The highest BCUT2D eigenvalue weighted by atomic mass is 16.5. The van der Waals surface area contributed by atoms with Crippen LogP contribution < -0.4 is 4.90 Å². The molecule has 82 valence electrons. The zero-order valence-electron chi connectivity index (χ0n) is 8.90. The van der Waals surface area contributed by atoms with Crippen molar-refractivity contribution in [2.24, 2.45) is 0 Å². The van der Waals surface area contributed by atoms with Crippen molar-refractivity contribution in [2.45, 2.75) is 32.6 Å². The van der Waals surface area contributed by atoms with E-state index in [0.717, 1.165) is 13.1 Å². The number of aromatic nitrogens is 2. The van der Waals surface area contributed by atoms with Gasteiger partial charge in [0.05, 0.1) is 6.42 Å². The molecular weight excluding hydrogens is 194 g/mol. The van der Waals surface area contributed by atoms with Gasteiger partial charge in [-0.15, -0.1) is 0 Å². The Kier molecular flexibility index (Phi) is 2.99. The number of piperidine rings is 1. The van der Waals surface area contributed by atoms with Crippen LogP contribution >= 0.6 is 0 Å². The van der Waals surface area contributed by atoms with E-state index in [1.54, 1.807) is 0 Å². The number of carbonyl (C=O) groups is 1. The molecule has 0 aliphatic carbocycles. The average Bonchev–Trinajstić information content (AvgIpc) is 2.67. The van der Waals surface area contributed by atoms with Crippen molar-refractivity contribution in [1.82, 2.24) is 10.1 Å². The van der Waals surface area contributed by atoms with Crippen LogP contribution in [0.5, 0.6) is 0 Å². The fraction of sp³-hybridized carbons (Fsp3) is 0.700. The molecule has 0 spiro atoms. The Hall–Kier alpha value is -1.39. The number of anilines is 1. The van der Waals surface area contributed by atoms with E-state index in [1.165, 1.54) is 26.2 Å². The standard InChI is InChI=1S/C10H15N3O2/c1-8(14)7-9-11-10(12-15-9)13-5-3-2-4-6-13/h2-7H2,1H3. The number of carbonyl (C=O) groups excluding carboxylic acids is 1. The van der Waals surface area contributed by atoms with Gasteiger partial charge in [0.25, 0.3) is 5.95 Å². The van der Waals surface area contributed by atoms with Crippen LogP contribution in [0.1, 0.15) is 32.1 Å². The highest BCUT2D eigenvalue weighted by Crippen LogP contribution is 2.16. The van der Waals surface area contributed by atoms with E-state index < -0.39 is 0 Å². The summed E-state index contributed by atoms with van der Waals surface area (Å²) >= 11 is 0. The van der Waals surface area contributed by atoms with Crippen LogP contribution in [0.4, 0.5) is 5.95 Å². The molecule has 2 rings (SSSR count). The van der Waals surface area contributed by atoms with Crippen molar-refractivity contribution in [3.63, 3.8) is 0 Å². The summed E-state index contributed by atoms with van der Waals surface area (Å²) in [5.41, 5.74) is 0. The Bertz CT molecular complexity index is 342. The van der Waals surface area contributed by atoms with Gasteiger partial charge in [-0.25, -0.2) is 0 Å². The summed E-state index contributed by atoms with van der Waals surface area (Å²) in [6.07, 6.45) is 3.86.